The molecule has 0 aromatic rings. The van der Waals surface area contributed by atoms with Crippen LogP contribution in [0.15, 0.2) is 0 Å². The lowest BCUT2D eigenvalue weighted by Crippen LogP contribution is -2.23. The van der Waals surface area contributed by atoms with Crippen LogP contribution in [-0.2, 0) is 0 Å². The van der Waals surface area contributed by atoms with E-state index < -0.39 is 0 Å². The summed E-state index contributed by atoms with van der Waals surface area (Å²) in [6.07, 6.45) is 18.9. The molecule has 0 aromatic heterocycles. The minimum atomic E-state index is 0.362. The van der Waals surface area contributed by atoms with E-state index in [4.69, 9.17) is 17.2 Å². The Kier molecular flexibility index (Phi) is 16.6. The fourth-order valence-electron chi connectivity index (χ4n) is 3.17. The number of hydrogen-bond acceptors (Lipinski definition) is 3. The summed E-state index contributed by atoms with van der Waals surface area (Å²) in [7, 11) is 0. The smallest absolute Gasteiger partial charge is 0.00388 e. The molecule has 0 spiro atoms. The van der Waals surface area contributed by atoms with Gasteiger partial charge < -0.3 is 17.2 Å². The first-order valence-electron chi connectivity index (χ1n) is 10.3. The minimum Gasteiger partial charge on any atom is -0.328 e. The van der Waals surface area contributed by atoms with Gasteiger partial charge >= 0.3 is 0 Å². The Morgan fingerprint density at radius 3 is 1.39 bits per heavy atom. The normalized spacial score (nSPS) is 15.5. The van der Waals surface area contributed by atoms with Gasteiger partial charge in [-0.1, -0.05) is 71.1 Å². The summed E-state index contributed by atoms with van der Waals surface area (Å²) in [4.78, 5) is 0. The molecule has 0 rings (SSSR count). The van der Waals surface area contributed by atoms with Crippen molar-refractivity contribution in [3.63, 3.8) is 0 Å². The highest BCUT2D eigenvalue weighted by Gasteiger charge is 2.06. The van der Waals surface area contributed by atoms with Gasteiger partial charge in [-0.25, -0.2) is 0 Å². The third-order valence-electron chi connectivity index (χ3n) is 4.81. The monoisotopic (exact) mass is 327 g/mol. The van der Waals surface area contributed by atoms with E-state index in [9.17, 15) is 0 Å². The molecule has 0 fully saturated rings. The van der Waals surface area contributed by atoms with E-state index >= 15 is 0 Å². The highest BCUT2D eigenvalue weighted by atomic mass is 14.6. The van der Waals surface area contributed by atoms with Crippen molar-refractivity contribution in [1.82, 2.24) is 0 Å². The fraction of sp³-hybridized carbons (Fsp3) is 1.00. The first-order chi connectivity index (χ1) is 11.1. The molecule has 140 valence electrons. The molecule has 0 saturated heterocycles. The zero-order valence-electron chi connectivity index (χ0n) is 16.1. The molecule has 3 unspecified atom stereocenters. The summed E-state index contributed by atoms with van der Waals surface area (Å²) in [6.45, 7) is 4.35. The topological polar surface area (TPSA) is 78.1 Å². The van der Waals surface area contributed by atoms with Gasteiger partial charge in [0.1, 0.15) is 0 Å². The predicted molar refractivity (Wildman–Crippen MR) is 105 cm³/mol. The molecule has 0 bridgehead atoms. The summed E-state index contributed by atoms with van der Waals surface area (Å²) in [5.74, 6) is 0. The largest absolute Gasteiger partial charge is 0.328 e. The van der Waals surface area contributed by atoms with E-state index in [0.717, 1.165) is 19.3 Å². The lowest BCUT2D eigenvalue weighted by molar-refractivity contribution is 0.455. The Balaban J connectivity index is 3.31. The Morgan fingerprint density at radius 2 is 0.913 bits per heavy atom. The summed E-state index contributed by atoms with van der Waals surface area (Å²) in [5.41, 5.74) is 18.2. The lowest BCUT2D eigenvalue weighted by atomic mass is 9.98. The van der Waals surface area contributed by atoms with Crippen LogP contribution in [0.3, 0.4) is 0 Å². The molecule has 23 heavy (non-hydrogen) atoms. The van der Waals surface area contributed by atoms with Gasteiger partial charge in [-0.3, -0.25) is 0 Å². The molecule has 0 amide bonds. The second-order valence-corrected chi connectivity index (χ2v) is 7.62. The lowest BCUT2D eigenvalue weighted by Gasteiger charge is -2.14. The Bertz CT molecular complexity index is 231. The maximum absolute atomic E-state index is 6.22. The highest BCUT2D eigenvalue weighted by molar-refractivity contribution is 4.66. The maximum atomic E-state index is 6.22. The average Bonchev–Trinajstić information content (AvgIpc) is 2.50. The zero-order chi connectivity index (χ0) is 17.3. The average molecular weight is 328 g/mol. The molecular weight excluding hydrogens is 282 g/mol. The quantitative estimate of drug-likeness (QED) is 0.334. The third kappa shape index (κ3) is 18.1. The van der Waals surface area contributed by atoms with Crippen molar-refractivity contribution >= 4 is 0 Å². The SMILES string of the molecule is CCCCCCC(N)CCCC(N)CCCCCCCC(C)N. The van der Waals surface area contributed by atoms with Crippen molar-refractivity contribution in [1.29, 1.82) is 0 Å². The van der Waals surface area contributed by atoms with Crippen LogP contribution in [0.2, 0.25) is 0 Å². The van der Waals surface area contributed by atoms with Crippen LogP contribution in [-0.4, -0.2) is 18.1 Å². The second kappa shape index (κ2) is 16.7. The van der Waals surface area contributed by atoms with Crippen LogP contribution in [0.4, 0.5) is 0 Å². The van der Waals surface area contributed by atoms with Crippen molar-refractivity contribution in [2.75, 3.05) is 0 Å². The second-order valence-electron chi connectivity index (χ2n) is 7.62. The third-order valence-corrected chi connectivity index (χ3v) is 4.81. The predicted octanol–water partition coefficient (Wildman–Crippen LogP) is 4.86. The molecule has 3 atom stereocenters. The van der Waals surface area contributed by atoms with E-state index in [-0.39, 0.29) is 0 Å². The van der Waals surface area contributed by atoms with Crippen LogP contribution < -0.4 is 17.2 Å². The van der Waals surface area contributed by atoms with E-state index in [0.29, 0.717) is 18.1 Å². The molecule has 3 heteroatoms. The van der Waals surface area contributed by atoms with Gasteiger partial charge in [0, 0.05) is 18.1 Å². The van der Waals surface area contributed by atoms with Gasteiger partial charge in [-0.15, -0.1) is 0 Å². The molecule has 0 aliphatic rings. The molecule has 0 saturated carbocycles. The van der Waals surface area contributed by atoms with Crippen LogP contribution in [0.25, 0.3) is 0 Å². The van der Waals surface area contributed by atoms with Crippen molar-refractivity contribution in [2.24, 2.45) is 17.2 Å². The molecule has 0 aliphatic heterocycles. The summed E-state index contributed by atoms with van der Waals surface area (Å²) >= 11 is 0. The summed E-state index contributed by atoms with van der Waals surface area (Å²) in [5, 5.41) is 0. The van der Waals surface area contributed by atoms with Crippen LogP contribution in [0, 0.1) is 0 Å². The first-order valence-corrected chi connectivity index (χ1v) is 10.3. The van der Waals surface area contributed by atoms with E-state index in [1.54, 1.807) is 0 Å². The summed E-state index contributed by atoms with van der Waals surface area (Å²) in [6, 6.07) is 1.14. The van der Waals surface area contributed by atoms with Gasteiger partial charge in [0.25, 0.3) is 0 Å². The van der Waals surface area contributed by atoms with Crippen LogP contribution in [0.1, 0.15) is 110 Å². The summed E-state index contributed by atoms with van der Waals surface area (Å²) < 4.78 is 0. The molecule has 0 heterocycles. The minimum absolute atomic E-state index is 0.362. The van der Waals surface area contributed by atoms with E-state index in [2.05, 4.69) is 13.8 Å². The van der Waals surface area contributed by atoms with Crippen LogP contribution >= 0.6 is 0 Å². The zero-order valence-corrected chi connectivity index (χ0v) is 16.1. The molecule has 0 aromatic carbocycles. The molecule has 6 N–H and O–H groups in total. The maximum Gasteiger partial charge on any atom is 0.00388 e. The van der Waals surface area contributed by atoms with Crippen molar-refractivity contribution < 1.29 is 0 Å². The van der Waals surface area contributed by atoms with Crippen molar-refractivity contribution in [2.45, 2.75) is 128 Å². The Labute approximate surface area is 146 Å². The molecule has 0 radical (unpaired) electrons. The standard InChI is InChI=1S/C20H45N3/c1-3-4-5-10-14-19(22)16-12-17-20(23)15-11-8-6-7-9-13-18(2)21/h18-20H,3-17,21-23H2,1-2H3. The number of nitrogens with two attached hydrogens (primary N) is 3. The molecule has 3 nitrogen and oxygen atoms in total. The van der Waals surface area contributed by atoms with Gasteiger partial charge in [-0.05, 0) is 39.0 Å². The van der Waals surface area contributed by atoms with Gasteiger partial charge in [0.2, 0.25) is 0 Å². The first kappa shape index (κ1) is 22.9. The van der Waals surface area contributed by atoms with E-state index in [1.807, 2.05) is 0 Å². The van der Waals surface area contributed by atoms with Gasteiger partial charge in [-0.2, -0.15) is 0 Å². The number of hydrogen-bond donors (Lipinski definition) is 3. The number of unbranched alkanes of at least 4 members (excludes halogenated alkanes) is 7. The van der Waals surface area contributed by atoms with Crippen LogP contribution in [0.5, 0.6) is 0 Å². The molecular formula is C20H45N3. The Hall–Kier alpha value is -0.120. The van der Waals surface area contributed by atoms with Crippen molar-refractivity contribution in [3.05, 3.63) is 0 Å². The van der Waals surface area contributed by atoms with Gasteiger partial charge in [0.15, 0.2) is 0 Å². The molecule has 0 aliphatic carbocycles. The fourth-order valence-corrected chi connectivity index (χ4v) is 3.17. The van der Waals surface area contributed by atoms with Gasteiger partial charge in [0.05, 0.1) is 0 Å². The van der Waals surface area contributed by atoms with Crippen molar-refractivity contribution in [3.8, 4) is 0 Å². The number of rotatable bonds is 17. The van der Waals surface area contributed by atoms with E-state index in [1.165, 1.54) is 77.0 Å². The highest BCUT2D eigenvalue weighted by Crippen LogP contribution is 2.13. The Morgan fingerprint density at radius 1 is 0.522 bits per heavy atom.